The van der Waals surface area contributed by atoms with Crippen LogP contribution in [0.4, 0.5) is 10.7 Å². The Kier molecular flexibility index (Phi) is 7.77. The Bertz CT molecular complexity index is 1010. The van der Waals surface area contributed by atoms with Gasteiger partial charge < -0.3 is 10.1 Å². The molecule has 0 bridgehead atoms. The third-order valence-electron chi connectivity index (χ3n) is 4.46. The molecule has 3 rings (SSSR count). The maximum absolute atomic E-state index is 12.7. The number of rotatable bonds is 8. The lowest BCUT2D eigenvalue weighted by atomic mass is 10.0. The predicted octanol–water partition coefficient (Wildman–Crippen LogP) is 3.98. The second-order valence-electron chi connectivity index (χ2n) is 7.31. The molecule has 0 aliphatic rings. The Labute approximate surface area is 189 Å². The SMILES string of the molecule is CC(C)[C@H](NC(=O)OCc1ccccc1)C(=O)Nc1ncn(Cc2ccc(Br)cc2)n1. The minimum atomic E-state index is -0.790. The molecule has 2 amide bonds. The topological polar surface area (TPSA) is 98.1 Å². The molecule has 2 aromatic carbocycles. The highest BCUT2D eigenvalue weighted by molar-refractivity contribution is 9.10. The molecule has 9 heteroatoms. The molecule has 3 aromatic rings. The summed E-state index contributed by atoms with van der Waals surface area (Å²) in [5, 5.41) is 9.56. The van der Waals surface area contributed by atoms with E-state index in [9.17, 15) is 9.59 Å². The maximum Gasteiger partial charge on any atom is 0.408 e. The van der Waals surface area contributed by atoms with E-state index in [1.165, 1.54) is 0 Å². The third kappa shape index (κ3) is 6.92. The molecule has 0 radical (unpaired) electrons. The molecule has 0 saturated carbocycles. The van der Waals surface area contributed by atoms with Crippen molar-refractivity contribution < 1.29 is 14.3 Å². The number of halogens is 1. The van der Waals surface area contributed by atoms with Crippen LogP contribution in [0.5, 0.6) is 0 Å². The summed E-state index contributed by atoms with van der Waals surface area (Å²) in [6, 6.07) is 16.4. The summed E-state index contributed by atoms with van der Waals surface area (Å²) in [6.07, 6.45) is 0.885. The van der Waals surface area contributed by atoms with E-state index >= 15 is 0 Å². The number of hydrogen-bond donors (Lipinski definition) is 2. The van der Waals surface area contributed by atoms with Gasteiger partial charge in [0.1, 0.15) is 19.0 Å². The number of carbonyl (C=O) groups excluding carboxylic acids is 2. The van der Waals surface area contributed by atoms with Gasteiger partial charge in [-0.2, -0.15) is 0 Å². The molecule has 0 spiro atoms. The minimum absolute atomic E-state index is 0.126. The minimum Gasteiger partial charge on any atom is -0.445 e. The summed E-state index contributed by atoms with van der Waals surface area (Å²) >= 11 is 3.40. The molecular weight excluding hydrogens is 462 g/mol. The van der Waals surface area contributed by atoms with Crippen molar-refractivity contribution in [2.45, 2.75) is 33.0 Å². The van der Waals surface area contributed by atoms with E-state index in [4.69, 9.17) is 4.74 Å². The fourth-order valence-corrected chi connectivity index (χ4v) is 3.08. The van der Waals surface area contributed by atoms with Crippen LogP contribution in [-0.4, -0.2) is 32.8 Å². The first-order valence-electron chi connectivity index (χ1n) is 9.82. The summed E-state index contributed by atoms with van der Waals surface area (Å²) in [7, 11) is 0. The number of anilines is 1. The number of hydrogen-bond acceptors (Lipinski definition) is 5. The number of aromatic nitrogens is 3. The molecule has 1 atom stereocenters. The third-order valence-corrected chi connectivity index (χ3v) is 4.99. The van der Waals surface area contributed by atoms with Gasteiger partial charge >= 0.3 is 6.09 Å². The van der Waals surface area contributed by atoms with Gasteiger partial charge in [0.25, 0.3) is 0 Å². The number of alkyl carbamates (subject to hydrolysis) is 1. The quantitative estimate of drug-likeness (QED) is 0.502. The molecule has 8 nitrogen and oxygen atoms in total. The monoisotopic (exact) mass is 485 g/mol. The molecule has 0 aliphatic carbocycles. The zero-order chi connectivity index (χ0) is 22.2. The summed E-state index contributed by atoms with van der Waals surface area (Å²) < 4.78 is 7.85. The van der Waals surface area contributed by atoms with Crippen molar-refractivity contribution in [3.05, 3.63) is 76.5 Å². The first-order valence-corrected chi connectivity index (χ1v) is 10.6. The van der Waals surface area contributed by atoms with Gasteiger partial charge in [-0.25, -0.2) is 14.5 Å². The van der Waals surface area contributed by atoms with Crippen molar-refractivity contribution in [1.82, 2.24) is 20.1 Å². The summed E-state index contributed by atoms with van der Waals surface area (Å²) in [4.78, 5) is 29.0. The number of carbonyl (C=O) groups is 2. The number of nitrogens with one attached hydrogen (secondary N) is 2. The van der Waals surface area contributed by atoms with Gasteiger partial charge in [-0.05, 0) is 29.2 Å². The van der Waals surface area contributed by atoms with Crippen molar-refractivity contribution in [3.63, 3.8) is 0 Å². The molecule has 162 valence electrons. The van der Waals surface area contributed by atoms with Gasteiger partial charge in [0.05, 0.1) is 6.54 Å². The summed E-state index contributed by atoms with van der Waals surface area (Å²) in [6.45, 7) is 4.32. The van der Waals surface area contributed by atoms with Gasteiger partial charge in [-0.3, -0.25) is 10.1 Å². The number of ether oxygens (including phenoxy) is 1. The van der Waals surface area contributed by atoms with E-state index in [-0.39, 0.29) is 18.5 Å². The first-order chi connectivity index (χ1) is 14.9. The van der Waals surface area contributed by atoms with Gasteiger partial charge in [0, 0.05) is 4.47 Å². The fraction of sp³-hybridized carbons (Fsp3) is 0.273. The second-order valence-corrected chi connectivity index (χ2v) is 8.22. The van der Waals surface area contributed by atoms with Gasteiger partial charge in [0.15, 0.2) is 0 Å². The highest BCUT2D eigenvalue weighted by atomic mass is 79.9. The summed E-state index contributed by atoms with van der Waals surface area (Å²) in [5.74, 6) is -0.394. The second kappa shape index (κ2) is 10.7. The molecule has 0 saturated heterocycles. The van der Waals surface area contributed by atoms with Crippen LogP contribution in [0.15, 0.2) is 65.4 Å². The van der Waals surface area contributed by atoms with Crippen LogP contribution < -0.4 is 10.6 Å². The highest BCUT2D eigenvalue weighted by Crippen LogP contribution is 2.12. The zero-order valence-corrected chi connectivity index (χ0v) is 18.9. The lowest BCUT2D eigenvalue weighted by Crippen LogP contribution is -2.47. The van der Waals surface area contributed by atoms with Crippen LogP contribution in [0.3, 0.4) is 0 Å². The molecule has 1 aromatic heterocycles. The number of nitrogens with zero attached hydrogens (tertiary/aromatic N) is 3. The maximum atomic E-state index is 12.7. The van der Waals surface area contributed by atoms with Crippen LogP contribution in [0.1, 0.15) is 25.0 Å². The first kappa shape index (κ1) is 22.5. The van der Waals surface area contributed by atoms with Crippen LogP contribution in [0.2, 0.25) is 0 Å². The van der Waals surface area contributed by atoms with Crippen molar-refractivity contribution in [1.29, 1.82) is 0 Å². The Morgan fingerprint density at radius 1 is 1.06 bits per heavy atom. The molecule has 0 fully saturated rings. The Morgan fingerprint density at radius 2 is 1.77 bits per heavy atom. The molecule has 2 N–H and O–H groups in total. The average molecular weight is 486 g/mol. The molecular formula is C22H24BrN5O3. The number of benzene rings is 2. The van der Waals surface area contributed by atoms with Crippen LogP contribution in [0.25, 0.3) is 0 Å². The highest BCUT2D eigenvalue weighted by Gasteiger charge is 2.26. The molecule has 1 heterocycles. The smallest absolute Gasteiger partial charge is 0.408 e. The normalized spacial score (nSPS) is 11.7. The van der Waals surface area contributed by atoms with E-state index < -0.39 is 18.0 Å². The summed E-state index contributed by atoms with van der Waals surface area (Å²) in [5.41, 5.74) is 1.91. The van der Waals surface area contributed by atoms with E-state index in [0.717, 1.165) is 15.6 Å². The van der Waals surface area contributed by atoms with Crippen molar-refractivity contribution in [3.8, 4) is 0 Å². The van der Waals surface area contributed by atoms with Crippen molar-refractivity contribution in [2.75, 3.05) is 5.32 Å². The van der Waals surface area contributed by atoms with Crippen LogP contribution in [-0.2, 0) is 22.7 Å². The van der Waals surface area contributed by atoms with Gasteiger partial charge in [-0.1, -0.05) is 72.2 Å². The van der Waals surface area contributed by atoms with Crippen LogP contribution >= 0.6 is 15.9 Å². The lowest BCUT2D eigenvalue weighted by Gasteiger charge is -2.20. The average Bonchev–Trinajstić information content (AvgIpc) is 3.19. The molecule has 0 aliphatic heterocycles. The fourth-order valence-electron chi connectivity index (χ4n) is 2.82. The number of amides is 2. The Balaban J connectivity index is 1.54. The van der Waals surface area contributed by atoms with E-state index in [1.807, 2.05) is 68.4 Å². The standard InChI is InChI=1S/C22H24BrN5O3/c1-15(2)19(25-22(30)31-13-17-6-4-3-5-7-17)20(29)26-21-24-14-28(27-21)12-16-8-10-18(23)11-9-16/h3-11,14-15,19H,12-13H2,1-2H3,(H,25,30)(H,26,27,29)/t19-/m0/s1. The Morgan fingerprint density at radius 3 is 2.45 bits per heavy atom. The largest absolute Gasteiger partial charge is 0.445 e. The predicted molar refractivity (Wildman–Crippen MR) is 120 cm³/mol. The van der Waals surface area contributed by atoms with Gasteiger partial charge in [-0.15, -0.1) is 5.10 Å². The lowest BCUT2D eigenvalue weighted by molar-refractivity contribution is -0.119. The van der Waals surface area contributed by atoms with E-state index in [1.54, 1.807) is 11.0 Å². The Hall–Kier alpha value is -3.20. The van der Waals surface area contributed by atoms with Crippen molar-refractivity contribution in [2.24, 2.45) is 5.92 Å². The van der Waals surface area contributed by atoms with E-state index in [0.29, 0.717) is 6.54 Å². The van der Waals surface area contributed by atoms with Gasteiger partial charge in [0.2, 0.25) is 11.9 Å². The van der Waals surface area contributed by atoms with Crippen molar-refractivity contribution >= 4 is 33.9 Å². The van der Waals surface area contributed by atoms with E-state index in [2.05, 4.69) is 36.6 Å². The molecule has 0 unspecified atom stereocenters. The van der Waals surface area contributed by atoms with Crippen LogP contribution in [0, 0.1) is 5.92 Å². The molecule has 31 heavy (non-hydrogen) atoms. The zero-order valence-electron chi connectivity index (χ0n) is 17.3.